The van der Waals surface area contributed by atoms with Gasteiger partial charge < -0.3 is 20.9 Å². The fraction of sp³-hybridized carbons (Fsp3) is 0.588. The number of methoxy groups -OCH3 is 1. The zero-order chi connectivity index (χ0) is 16.1. The number of anilines is 1. The van der Waals surface area contributed by atoms with Gasteiger partial charge in [0.1, 0.15) is 5.75 Å². The van der Waals surface area contributed by atoms with E-state index in [9.17, 15) is 9.90 Å². The van der Waals surface area contributed by atoms with E-state index in [1.54, 1.807) is 18.2 Å². The summed E-state index contributed by atoms with van der Waals surface area (Å²) in [6.45, 7) is 2.61. The van der Waals surface area contributed by atoms with Crippen molar-refractivity contribution in [1.82, 2.24) is 5.32 Å². The Labute approximate surface area is 131 Å². The quantitative estimate of drug-likeness (QED) is 0.728. The molecule has 1 unspecified atom stereocenters. The highest BCUT2D eigenvalue weighted by Crippen LogP contribution is 2.31. The number of carbonyl (C=O) groups excluding carboxylic acids is 1. The van der Waals surface area contributed by atoms with Crippen LogP contribution >= 0.6 is 0 Å². The number of nitrogens with one attached hydrogen (secondary N) is 1. The number of nitrogens with two attached hydrogens (primary N) is 1. The van der Waals surface area contributed by atoms with Crippen LogP contribution in [-0.2, 0) is 0 Å². The van der Waals surface area contributed by atoms with Crippen LogP contribution in [0.25, 0.3) is 0 Å². The molecule has 1 saturated carbocycles. The molecule has 0 spiro atoms. The molecule has 1 aliphatic carbocycles. The first-order chi connectivity index (χ1) is 10.6. The zero-order valence-electron chi connectivity index (χ0n) is 13.3. The third kappa shape index (κ3) is 3.71. The topological polar surface area (TPSA) is 84.6 Å². The van der Waals surface area contributed by atoms with Crippen LogP contribution in [-0.4, -0.2) is 30.8 Å². The highest BCUT2D eigenvalue weighted by atomic mass is 16.5. The third-order valence-corrected chi connectivity index (χ3v) is 4.66. The molecule has 4 N–H and O–H groups in total. The Kier molecular flexibility index (Phi) is 5.66. The van der Waals surface area contributed by atoms with Gasteiger partial charge in [-0.1, -0.05) is 19.8 Å². The second-order valence-corrected chi connectivity index (χ2v) is 6.02. The van der Waals surface area contributed by atoms with Crippen molar-refractivity contribution >= 4 is 11.6 Å². The molecule has 5 nitrogen and oxygen atoms in total. The van der Waals surface area contributed by atoms with Gasteiger partial charge >= 0.3 is 0 Å². The maximum atomic E-state index is 12.2. The lowest BCUT2D eigenvalue weighted by Gasteiger charge is -2.34. The molecule has 3 atom stereocenters. The van der Waals surface area contributed by atoms with E-state index in [0.29, 0.717) is 29.5 Å². The lowest BCUT2D eigenvalue weighted by Crippen LogP contribution is -2.40. The van der Waals surface area contributed by atoms with Crippen molar-refractivity contribution in [3.63, 3.8) is 0 Å². The third-order valence-electron chi connectivity index (χ3n) is 4.66. The van der Waals surface area contributed by atoms with E-state index >= 15 is 0 Å². The number of benzene rings is 1. The molecular formula is C17H26N2O3. The molecule has 0 bridgehead atoms. The standard InChI is InChI=1S/C17H26N2O3/c1-3-11-5-4-6-13(16(11)20)10-19-17(21)12-7-8-14(18)15(9-12)22-2/h7-9,11,13,16,20H,3-6,10,18H2,1-2H3,(H,19,21)/t11?,13-,16+/m0/s1. The van der Waals surface area contributed by atoms with Crippen molar-refractivity contribution in [2.24, 2.45) is 11.8 Å². The Balaban J connectivity index is 1.95. The molecule has 0 saturated heterocycles. The molecule has 1 fully saturated rings. The van der Waals surface area contributed by atoms with Gasteiger partial charge in [-0.15, -0.1) is 0 Å². The Morgan fingerprint density at radius 2 is 2.14 bits per heavy atom. The number of rotatable bonds is 5. The Morgan fingerprint density at radius 3 is 2.82 bits per heavy atom. The molecule has 22 heavy (non-hydrogen) atoms. The molecule has 0 heterocycles. The van der Waals surface area contributed by atoms with Crippen LogP contribution in [0.4, 0.5) is 5.69 Å². The lowest BCUT2D eigenvalue weighted by atomic mass is 9.77. The minimum Gasteiger partial charge on any atom is -0.495 e. The van der Waals surface area contributed by atoms with Crippen molar-refractivity contribution < 1.29 is 14.6 Å². The molecule has 0 radical (unpaired) electrons. The van der Waals surface area contributed by atoms with E-state index in [-0.39, 0.29) is 17.9 Å². The van der Waals surface area contributed by atoms with Crippen LogP contribution in [0.15, 0.2) is 18.2 Å². The van der Waals surface area contributed by atoms with Crippen LogP contribution in [0.2, 0.25) is 0 Å². The second-order valence-electron chi connectivity index (χ2n) is 6.02. The van der Waals surface area contributed by atoms with E-state index in [2.05, 4.69) is 12.2 Å². The minimum absolute atomic E-state index is 0.137. The highest BCUT2D eigenvalue weighted by Gasteiger charge is 2.30. The van der Waals surface area contributed by atoms with Gasteiger partial charge in [0.25, 0.3) is 5.91 Å². The number of hydrogen-bond acceptors (Lipinski definition) is 4. The molecular weight excluding hydrogens is 280 g/mol. The number of hydrogen-bond donors (Lipinski definition) is 3. The number of aliphatic hydroxyl groups excluding tert-OH is 1. The van der Waals surface area contributed by atoms with E-state index in [0.717, 1.165) is 25.7 Å². The number of ether oxygens (including phenoxy) is 1. The summed E-state index contributed by atoms with van der Waals surface area (Å²) in [7, 11) is 1.52. The van der Waals surface area contributed by atoms with Gasteiger partial charge in [0.15, 0.2) is 0 Å². The predicted octanol–water partition coefficient (Wildman–Crippen LogP) is 2.19. The Morgan fingerprint density at radius 1 is 1.41 bits per heavy atom. The Bertz CT molecular complexity index is 519. The number of carbonyl (C=O) groups is 1. The summed E-state index contributed by atoms with van der Waals surface area (Å²) >= 11 is 0. The predicted molar refractivity (Wildman–Crippen MR) is 86.9 cm³/mol. The fourth-order valence-corrected chi connectivity index (χ4v) is 3.22. The first kappa shape index (κ1) is 16.6. The Hall–Kier alpha value is -1.75. The van der Waals surface area contributed by atoms with Gasteiger partial charge in [-0.2, -0.15) is 0 Å². The van der Waals surface area contributed by atoms with Gasteiger partial charge in [0, 0.05) is 18.0 Å². The zero-order valence-corrected chi connectivity index (χ0v) is 13.3. The monoisotopic (exact) mass is 306 g/mol. The average molecular weight is 306 g/mol. The molecule has 1 aromatic rings. The summed E-state index contributed by atoms with van der Waals surface area (Å²) in [5, 5.41) is 13.3. The van der Waals surface area contributed by atoms with Crippen molar-refractivity contribution in [1.29, 1.82) is 0 Å². The van der Waals surface area contributed by atoms with E-state index in [1.165, 1.54) is 7.11 Å². The van der Waals surface area contributed by atoms with E-state index in [4.69, 9.17) is 10.5 Å². The van der Waals surface area contributed by atoms with Gasteiger partial charge in [0.2, 0.25) is 0 Å². The van der Waals surface area contributed by atoms with Crippen LogP contribution in [0.5, 0.6) is 5.75 Å². The maximum Gasteiger partial charge on any atom is 0.251 e. The summed E-state index contributed by atoms with van der Waals surface area (Å²) in [6.07, 6.45) is 3.83. The normalized spacial score (nSPS) is 24.8. The van der Waals surface area contributed by atoms with E-state index in [1.807, 2.05) is 0 Å². The molecule has 0 aromatic heterocycles. The summed E-state index contributed by atoms with van der Waals surface area (Å²) in [5.74, 6) is 0.825. The summed E-state index contributed by atoms with van der Waals surface area (Å²) in [5.41, 5.74) is 6.77. The molecule has 0 aliphatic heterocycles. The maximum absolute atomic E-state index is 12.2. The molecule has 1 aromatic carbocycles. The van der Waals surface area contributed by atoms with Gasteiger partial charge in [-0.05, 0) is 37.0 Å². The highest BCUT2D eigenvalue weighted by molar-refractivity contribution is 5.95. The second kappa shape index (κ2) is 7.49. The number of aliphatic hydroxyl groups is 1. The van der Waals surface area contributed by atoms with Crippen molar-refractivity contribution in [2.45, 2.75) is 38.7 Å². The van der Waals surface area contributed by atoms with Crippen LogP contribution in [0, 0.1) is 11.8 Å². The first-order valence-electron chi connectivity index (χ1n) is 7.96. The summed E-state index contributed by atoms with van der Waals surface area (Å²) in [6, 6.07) is 4.98. The van der Waals surface area contributed by atoms with Crippen LogP contribution < -0.4 is 15.8 Å². The first-order valence-corrected chi connectivity index (χ1v) is 7.96. The number of amides is 1. The summed E-state index contributed by atoms with van der Waals surface area (Å²) in [4.78, 5) is 12.2. The van der Waals surface area contributed by atoms with Crippen molar-refractivity contribution in [2.75, 3.05) is 19.4 Å². The van der Waals surface area contributed by atoms with Gasteiger partial charge in [-0.25, -0.2) is 0 Å². The van der Waals surface area contributed by atoms with Crippen LogP contribution in [0.3, 0.4) is 0 Å². The fourth-order valence-electron chi connectivity index (χ4n) is 3.22. The van der Waals surface area contributed by atoms with Crippen molar-refractivity contribution in [3.05, 3.63) is 23.8 Å². The average Bonchev–Trinajstić information content (AvgIpc) is 2.54. The number of nitrogen functional groups attached to an aromatic ring is 1. The molecule has 1 amide bonds. The lowest BCUT2D eigenvalue weighted by molar-refractivity contribution is 0.0163. The van der Waals surface area contributed by atoms with Gasteiger partial charge in [0.05, 0.1) is 18.9 Å². The van der Waals surface area contributed by atoms with E-state index < -0.39 is 0 Å². The molecule has 1 aliphatic rings. The largest absolute Gasteiger partial charge is 0.495 e. The van der Waals surface area contributed by atoms with Crippen LogP contribution in [0.1, 0.15) is 43.0 Å². The van der Waals surface area contributed by atoms with Gasteiger partial charge in [-0.3, -0.25) is 4.79 Å². The summed E-state index contributed by atoms with van der Waals surface area (Å²) < 4.78 is 5.13. The SMILES string of the molecule is CCC1CCC[C@@H](CNC(=O)c2ccc(N)c(OC)c2)[C@@H]1O. The van der Waals surface area contributed by atoms with Crippen molar-refractivity contribution in [3.8, 4) is 5.75 Å². The molecule has 2 rings (SSSR count). The molecule has 122 valence electrons. The minimum atomic E-state index is -0.319. The smallest absolute Gasteiger partial charge is 0.251 e. The molecule has 5 heteroatoms.